The van der Waals surface area contributed by atoms with Crippen LogP contribution in [-0.2, 0) is 9.47 Å². The number of carbonyl (C=O) groups is 1. The van der Waals surface area contributed by atoms with Crippen LogP contribution in [0.5, 0.6) is 0 Å². The van der Waals surface area contributed by atoms with Gasteiger partial charge in [0.05, 0.1) is 25.4 Å². The Hall–Kier alpha value is -1.66. The standard InChI is InChI=1S/C17H24N2O4/c1-11(2)5-8-22-14-6-7-21-9-13(14)19-17(20)15-16(12-3-4-12)23-10-18-15/h5,10,12-14H,3-4,6-9H2,1-2H3,(H,19,20)/t13-,14+/m1/s1. The van der Waals surface area contributed by atoms with E-state index in [2.05, 4.69) is 10.3 Å². The second-order valence-electron chi connectivity index (χ2n) is 6.44. The fraction of sp³-hybridized carbons (Fsp3) is 0.647. The topological polar surface area (TPSA) is 73.6 Å². The van der Waals surface area contributed by atoms with Crippen molar-refractivity contribution < 1.29 is 18.7 Å². The van der Waals surface area contributed by atoms with E-state index in [4.69, 9.17) is 13.9 Å². The average Bonchev–Trinajstić information content (AvgIpc) is 3.25. The van der Waals surface area contributed by atoms with E-state index in [0.717, 1.165) is 19.3 Å². The molecule has 1 N–H and O–H groups in total. The van der Waals surface area contributed by atoms with Crippen molar-refractivity contribution in [1.29, 1.82) is 0 Å². The molecule has 126 valence electrons. The predicted molar refractivity (Wildman–Crippen MR) is 84.3 cm³/mol. The van der Waals surface area contributed by atoms with Gasteiger partial charge in [0.25, 0.3) is 5.91 Å². The highest BCUT2D eigenvalue weighted by Crippen LogP contribution is 2.41. The van der Waals surface area contributed by atoms with Crippen molar-refractivity contribution in [2.75, 3.05) is 19.8 Å². The van der Waals surface area contributed by atoms with E-state index in [1.165, 1.54) is 12.0 Å². The van der Waals surface area contributed by atoms with Crippen molar-refractivity contribution >= 4 is 5.91 Å². The van der Waals surface area contributed by atoms with Crippen LogP contribution in [0.2, 0.25) is 0 Å². The van der Waals surface area contributed by atoms with Crippen molar-refractivity contribution in [3.63, 3.8) is 0 Å². The smallest absolute Gasteiger partial charge is 0.273 e. The molecule has 0 spiro atoms. The molecule has 3 rings (SSSR count). The van der Waals surface area contributed by atoms with E-state index < -0.39 is 0 Å². The maximum atomic E-state index is 12.5. The van der Waals surface area contributed by atoms with Gasteiger partial charge in [0, 0.05) is 12.5 Å². The number of hydrogen-bond acceptors (Lipinski definition) is 5. The minimum Gasteiger partial charge on any atom is -0.447 e. The largest absolute Gasteiger partial charge is 0.447 e. The van der Waals surface area contributed by atoms with Gasteiger partial charge < -0.3 is 19.2 Å². The van der Waals surface area contributed by atoms with Crippen LogP contribution < -0.4 is 5.32 Å². The number of ether oxygens (including phenoxy) is 2. The third-order valence-electron chi connectivity index (χ3n) is 4.17. The van der Waals surface area contributed by atoms with Crippen LogP contribution in [0.3, 0.4) is 0 Å². The molecule has 2 heterocycles. The molecular formula is C17H24N2O4. The zero-order valence-corrected chi connectivity index (χ0v) is 13.7. The molecule has 1 saturated heterocycles. The lowest BCUT2D eigenvalue weighted by molar-refractivity contribution is -0.0458. The summed E-state index contributed by atoms with van der Waals surface area (Å²) in [5.41, 5.74) is 1.62. The van der Waals surface area contributed by atoms with Crippen LogP contribution in [0.15, 0.2) is 22.5 Å². The lowest BCUT2D eigenvalue weighted by Crippen LogP contribution is -2.50. The first-order valence-corrected chi connectivity index (χ1v) is 8.22. The molecule has 0 bridgehead atoms. The predicted octanol–water partition coefficient (Wildman–Crippen LogP) is 2.42. The van der Waals surface area contributed by atoms with E-state index in [-0.39, 0.29) is 18.1 Å². The molecule has 1 aromatic heterocycles. The van der Waals surface area contributed by atoms with Gasteiger partial charge in [-0.05, 0) is 33.1 Å². The Morgan fingerprint density at radius 1 is 1.43 bits per heavy atom. The number of oxazole rings is 1. The Morgan fingerprint density at radius 2 is 2.26 bits per heavy atom. The first-order valence-electron chi connectivity index (χ1n) is 8.22. The van der Waals surface area contributed by atoms with Gasteiger partial charge in [0.2, 0.25) is 0 Å². The minimum atomic E-state index is -0.202. The molecule has 6 nitrogen and oxygen atoms in total. The summed E-state index contributed by atoms with van der Waals surface area (Å²) >= 11 is 0. The van der Waals surface area contributed by atoms with Gasteiger partial charge >= 0.3 is 0 Å². The Balaban J connectivity index is 1.60. The molecule has 2 aliphatic rings. The lowest BCUT2D eigenvalue weighted by Gasteiger charge is -2.31. The fourth-order valence-corrected chi connectivity index (χ4v) is 2.69. The Morgan fingerprint density at radius 3 is 3.00 bits per heavy atom. The van der Waals surface area contributed by atoms with E-state index in [1.807, 2.05) is 19.9 Å². The number of nitrogens with zero attached hydrogens (tertiary/aromatic N) is 1. The van der Waals surface area contributed by atoms with Gasteiger partial charge in [-0.2, -0.15) is 0 Å². The molecule has 1 aliphatic heterocycles. The van der Waals surface area contributed by atoms with Crippen molar-refractivity contribution in [3.05, 3.63) is 29.5 Å². The summed E-state index contributed by atoms with van der Waals surface area (Å²) in [4.78, 5) is 16.6. The van der Waals surface area contributed by atoms with Crippen molar-refractivity contribution in [3.8, 4) is 0 Å². The first kappa shape index (κ1) is 16.2. The molecule has 1 aromatic rings. The molecule has 0 radical (unpaired) electrons. The molecule has 6 heteroatoms. The van der Waals surface area contributed by atoms with Gasteiger partial charge in [-0.25, -0.2) is 4.98 Å². The molecule has 2 atom stereocenters. The van der Waals surface area contributed by atoms with Crippen LogP contribution in [0.4, 0.5) is 0 Å². The maximum absolute atomic E-state index is 12.5. The maximum Gasteiger partial charge on any atom is 0.273 e. The molecule has 1 amide bonds. The third-order valence-corrected chi connectivity index (χ3v) is 4.17. The average molecular weight is 320 g/mol. The van der Waals surface area contributed by atoms with E-state index in [1.54, 1.807) is 0 Å². The summed E-state index contributed by atoms with van der Waals surface area (Å²) in [5, 5.41) is 3.00. The van der Waals surface area contributed by atoms with Crippen molar-refractivity contribution in [1.82, 2.24) is 10.3 Å². The molecule has 0 unspecified atom stereocenters. The highest BCUT2D eigenvalue weighted by Gasteiger charge is 2.34. The number of rotatable bonds is 6. The second-order valence-corrected chi connectivity index (χ2v) is 6.44. The highest BCUT2D eigenvalue weighted by atomic mass is 16.5. The number of allylic oxidation sites excluding steroid dienone is 1. The molecular weight excluding hydrogens is 296 g/mol. The van der Waals surface area contributed by atoms with Crippen molar-refractivity contribution in [2.24, 2.45) is 0 Å². The third kappa shape index (κ3) is 4.20. The highest BCUT2D eigenvalue weighted by molar-refractivity contribution is 5.93. The number of amides is 1. The van der Waals surface area contributed by atoms with Gasteiger partial charge in [-0.15, -0.1) is 0 Å². The van der Waals surface area contributed by atoms with Gasteiger partial charge in [-0.3, -0.25) is 4.79 Å². The Bertz CT molecular complexity index is 573. The molecule has 1 aliphatic carbocycles. The van der Waals surface area contributed by atoms with Crippen LogP contribution in [0, 0.1) is 0 Å². The Labute approximate surface area is 136 Å². The van der Waals surface area contributed by atoms with Gasteiger partial charge in [0.1, 0.15) is 5.76 Å². The van der Waals surface area contributed by atoms with E-state index in [9.17, 15) is 4.79 Å². The zero-order valence-electron chi connectivity index (χ0n) is 13.7. The quantitative estimate of drug-likeness (QED) is 0.815. The van der Waals surface area contributed by atoms with Crippen LogP contribution >= 0.6 is 0 Å². The van der Waals surface area contributed by atoms with Gasteiger partial charge in [-0.1, -0.05) is 11.6 Å². The summed E-state index contributed by atoms with van der Waals surface area (Å²) in [6.07, 6.45) is 6.25. The minimum absolute atomic E-state index is 0.0421. The summed E-state index contributed by atoms with van der Waals surface area (Å²) < 4.78 is 16.8. The fourth-order valence-electron chi connectivity index (χ4n) is 2.69. The second kappa shape index (κ2) is 7.27. The van der Waals surface area contributed by atoms with E-state index >= 15 is 0 Å². The number of aromatic nitrogens is 1. The monoisotopic (exact) mass is 320 g/mol. The number of nitrogens with one attached hydrogen (secondary N) is 1. The SMILES string of the molecule is CC(C)=CCO[C@H]1CCOC[C@H]1NC(=O)c1ncoc1C1CC1. The molecule has 2 fully saturated rings. The van der Waals surface area contributed by atoms with Crippen LogP contribution in [-0.4, -0.2) is 42.9 Å². The summed E-state index contributed by atoms with van der Waals surface area (Å²) in [6, 6.07) is -0.162. The number of hydrogen-bond donors (Lipinski definition) is 1. The summed E-state index contributed by atoms with van der Waals surface area (Å²) in [7, 11) is 0. The molecule has 0 aromatic carbocycles. The normalized spacial score (nSPS) is 24.3. The first-order chi connectivity index (χ1) is 11.1. The van der Waals surface area contributed by atoms with Crippen LogP contribution in [0.1, 0.15) is 55.3 Å². The van der Waals surface area contributed by atoms with Crippen molar-refractivity contribution in [2.45, 2.75) is 51.2 Å². The summed E-state index contributed by atoms with van der Waals surface area (Å²) in [6.45, 7) is 5.74. The zero-order chi connectivity index (χ0) is 16.2. The van der Waals surface area contributed by atoms with Crippen LogP contribution in [0.25, 0.3) is 0 Å². The molecule has 1 saturated carbocycles. The Kier molecular flexibility index (Phi) is 5.13. The van der Waals surface area contributed by atoms with Gasteiger partial charge in [0.15, 0.2) is 12.1 Å². The molecule has 23 heavy (non-hydrogen) atoms. The van der Waals surface area contributed by atoms with E-state index in [0.29, 0.717) is 37.2 Å². The number of carbonyl (C=O) groups excluding carboxylic acids is 1. The summed E-state index contributed by atoms with van der Waals surface area (Å²) in [5.74, 6) is 0.860. The lowest BCUT2D eigenvalue weighted by atomic mass is 10.1.